The fourth-order valence-electron chi connectivity index (χ4n) is 0. The Hall–Kier alpha value is 0.662. The monoisotopic (exact) mass is 47.1 g/mol. The molecule has 0 atom stereocenters. The summed E-state index contributed by atoms with van der Waals surface area (Å²) in [6.45, 7) is 1.90. The molecule has 0 heterocycles. The van der Waals surface area contributed by atoms with E-state index in [1.165, 1.54) is 0 Å². The zero-order chi connectivity index (χ0) is 2.71. The Bertz CT molecular complexity index is 6.00. The standard InChI is InChI=1S/C2H5B.Li/c1-2-3;/h2H2,1H3;/q-1;+1. The molecule has 0 aromatic rings. The van der Waals surface area contributed by atoms with E-state index in [1.807, 2.05) is 6.92 Å². The van der Waals surface area contributed by atoms with Crippen LogP contribution in [0.4, 0.5) is 0 Å². The van der Waals surface area contributed by atoms with Gasteiger partial charge in [0.1, 0.15) is 0 Å². The number of hydrogen-bond acceptors (Lipinski definition) is 0. The van der Waals surface area contributed by atoms with E-state index in [2.05, 4.69) is 0 Å². The van der Waals surface area contributed by atoms with Gasteiger partial charge < -0.3 is 7.85 Å². The molecular weight excluding hydrogens is 41.8 g/mol. The molecular formula is C2H5BLi. The summed E-state index contributed by atoms with van der Waals surface area (Å²) in [6.07, 6.45) is 0.750. The van der Waals surface area contributed by atoms with Crippen molar-refractivity contribution >= 4 is 7.85 Å². The van der Waals surface area contributed by atoms with E-state index in [1.54, 1.807) is 0 Å². The van der Waals surface area contributed by atoms with Crippen molar-refractivity contribution in [1.29, 1.82) is 0 Å². The molecule has 0 nitrogen and oxygen atoms in total. The van der Waals surface area contributed by atoms with Gasteiger partial charge in [0.2, 0.25) is 0 Å². The molecule has 4 heavy (non-hydrogen) atoms. The molecule has 0 aromatic carbocycles. The summed E-state index contributed by atoms with van der Waals surface area (Å²) in [5.41, 5.74) is 0. The quantitative estimate of drug-likeness (QED) is 0.267. The van der Waals surface area contributed by atoms with Crippen molar-refractivity contribution in [3.8, 4) is 0 Å². The van der Waals surface area contributed by atoms with Crippen LogP contribution in [0.15, 0.2) is 0 Å². The molecule has 0 amide bonds. The summed E-state index contributed by atoms with van der Waals surface area (Å²) in [6, 6.07) is 0. The molecule has 17 valence electrons. The van der Waals surface area contributed by atoms with Gasteiger partial charge in [-0.3, -0.25) is 6.32 Å². The Balaban J connectivity index is 0. The van der Waals surface area contributed by atoms with Gasteiger partial charge in [0, 0.05) is 0 Å². The summed E-state index contributed by atoms with van der Waals surface area (Å²) in [5, 5.41) is 0. The van der Waals surface area contributed by atoms with Crippen molar-refractivity contribution in [2.75, 3.05) is 0 Å². The Morgan fingerprint density at radius 2 is 1.75 bits per heavy atom. The molecule has 0 fully saturated rings. The second-order valence-electron chi connectivity index (χ2n) is 0.408. The SMILES string of the molecule is [B-]CC.[Li+]. The van der Waals surface area contributed by atoms with Crippen LogP contribution in [0.2, 0.25) is 6.32 Å². The summed E-state index contributed by atoms with van der Waals surface area (Å²) in [4.78, 5) is 0. The van der Waals surface area contributed by atoms with Crippen molar-refractivity contribution in [2.24, 2.45) is 0 Å². The largest absolute Gasteiger partial charge is 1.00 e. The van der Waals surface area contributed by atoms with E-state index in [9.17, 15) is 0 Å². The number of hydrogen-bond donors (Lipinski definition) is 0. The van der Waals surface area contributed by atoms with Crippen molar-refractivity contribution in [3.05, 3.63) is 0 Å². The van der Waals surface area contributed by atoms with E-state index in [-0.39, 0.29) is 18.9 Å². The van der Waals surface area contributed by atoms with Crippen LogP contribution in [0.3, 0.4) is 0 Å². The zero-order valence-corrected chi connectivity index (χ0v) is 3.28. The summed E-state index contributed by atoms with van der Waals surface area (Å²) < 4.78 is 0. The molecule has 3 radical (unpaired) electrons. The zero-order valence-electron chi connectivity index (χ0n) is 3.28. The van der Waals surface area contributed by atoms with Gasteiger partial charge in [-0.1, -0.05) is 0 Å². The Morgan fingerprint density at radius 3 is 1.75 bits per heavy atom. The predicted octanol–water partition coefficient (Wildman–Crippen LogP) is -2.40. The van der Waals surface area contributed by atoms with Gasteiger partial charge >= 0.3 is 18.9 Å². The molecule has 0 aliphatic heterocycles. The Labute approximate surface area is 40.6 Å². The van der Waals surface area contributed by atoms with Crippen molar-refractivity contribution in [2.45, 2.75) is 13.2 Å². The molecule has 0 rings (SSSR count). The van der Waals surface area contributed by atoms with E-state index in [4.69, 9.17) is 7.85 Å². The maximum atomic E-state index is 4.85. The van der Waals surface area contributed by atoms with Gasteiger partial charge in [0.15, 0.2) is 0 Å². The topological polar surface area (TPSA) is 0 Å². The van der Waals surface area contributed by atoms with Crippen LogP contribution in [0.1, 0.15) is 6.92 Å². The smallest absolute Gasteiger partial charge is 0.626 e. The molecule has 0 aliphatic carbocycles. The number of rotatable bonds is 0. The fourth-order valence-corrected chi connectivity index (χ4v) is 0. The van der Waals surface area contributed by atoms with Crippen LogP contribution in [0.5, 0.6) is 0 Å². The fraction of sp³-hybridized carbons (Fsp3) is 1.00. The molecule has 0 unspecified atom stereocenters. The third-order valence-corrected chi connectivity index (χ3v) is 0. The van der Waals surface area contributed by atoms with Crippen LogP contribution < -0.4 is 18.9 Å². The van der Waals surface area contributed by atoms with E-state index < -0.39 is 0 Å². The van der Waals surface area contributed by atoms with Crippen molar-refractivity contribution in [1.82, 2.24) is 0 Å². The maximum Gasteiger partial charge on any atom is 1.00 e. The van der Waals surface area contributed by atoms with E-state index >= 15 is 0 Å². The molecule has 0 saturated carbocycles. The van der Waals surface area contributed by atoms with Gasteiger partial charge in [0.05, 0.1) is 0 Å². The summed E-state index contributed by atoms with van der Waals surface area (Å²) in [7, 11) is 4.85. The maximum absolute atomic E-state index is 4.85. The molecule has 0 bridgehead atoms. The van der Waals surface area contributed by atoms with Crippen LogP contribution in [-0.2, 0) is 0 Å². The Kier molecular flexibility index (Phi) is 20.7. The molecule has 0 aliphatic rings. The average Bonchev–Trinajstić information content (AvgIpc) is 0.918. The minimum Gasteiger partial charge on any atom is -0.626 e. The van der Waals surface area contributed by atoms with Crippen LogP contribution in [0.25, 0.3) is 0 Å². The van der Waals surface area contributed by atoms with Gasteiger partial charge in [-0.25, -0.2) is 0 Å². The third-order valence-electron chi connectivity index (χ3n) is 0. The minimum atomic E-state index is 0. The summed E-state index contributed by atoms with van der Waals surface area (Å²) in [5.74, 6) is 0. The van der Waals surface area contributed by atoms with Crippen LogP contribution in [0, 0.1) is 0 Å². The predicted molar refractivity (Wildman–Crippen MR) is 16.2 cm³/mol. The van der Waals surface area contributed by atoms with E-state index in [0.29, 0.717) is 0 Å². The summed E-state index contributed by atoms with van der Waals surface area (Å²) >= 11 is 0. The second kappa shape index (κ2) is 9.39. The first kappa shape index (κ1) is 8.82. The van der Waals surface area contributed by atoms with Crippen molar-refractivity contribution < 1.29 is 18.9 Å². The normalized spacial score (nSPS) is 4.50. The van der Waals surface area contributed by atoms with Gasteiger partial charge in [-0.2, -0.15) is 0 Å². The third kappa shape index (κ3) is 16.8. The first-order chi connectivity index (χ1) is 1.41. The van der Waals surface area contributed by atoms with Gasteiger partial charge in [0.25, 0.3) is 0 Å². The molecule has 0 saturated heterocycles. The van der Waals surface area contributed by atoms with Gasteiger partial charge in [-0.05, 0) is 0 Å². The first-order valence-corrected chi connectivity index (χ1v) is 1.12. The molecule has 0 aromatic heterocycles. The van der Waals surface area contributed by atoms with Crippen LogP contribution >= 0.6 is 0 Å². The molecule has 0 spiro atoms. The average molecular weight is 46.8 g/mol. The molecule has 2 heteroatoms. The second-order valence-corrected chi connectivity index (χ2v) is 0.408. The van der Waals surface area contributed by atoms with Crippen LogP contribution in [-0.4, -0.2) is 7.85 Å². The van der Waals surface area contributed by atoms with Gasteiger partial charge in [-0.15, -0.1) is 6.92 Å². The van der Waals surface area contributed by atoms with E-state index in [0.717, 1.165) is 6.32 Å². The Morgan fingerprint density at radius 1 is 1.75 bits per heavy atom. The minimum absolute atomic E-state index is 0. The molecule has 0 N–H and O–H groups in total. The van der Waals surface area contributed by atoms with Crippen molar-refractivity contribution in [3.63, 3.8) is 0 Å². The first-order valence-electron chi connectivity index (χ1n) is 1.12.